The molecule has 1 N–H and O–H groups in total. The van der Waals surface area contributed by atoms with Gasteiger partial charge in [0.2, 0.25) is 5.78 Å². The molecule has 1 aromatic carbocycles. The van der Waals surface area contributed by atoms with Crippen molar-refractivity contribution < 1.29 is 29.1 Å². The number of aromatic nitrogens is 2. The fourth-order valence-corrected chi connectivity index (χ4v) is 4.33. The minimum absolute atomic E-state index is 0.0836. The molecule has 1 amide bonds. The Morgan fingerprint density at radius 2 is 1.85 bits per heavy atom. The number of amides is 1. The summed E-state index contributed by atoms with van der Waals surface area (Å²) in [5.74, 6) is -1.02. The minimum Gasteiger partial charge on any atom is -0.871 e. The first-order valence-corrected chi connectivity index (χ1v) is 11.0. The molecule has 3 heterocycles. The van der Waals surface area contributed by atoms with Crippen LogP contribution in [0.5, 0.6) is 11.5 Å². The zero-order valence-electron chi connectivity index (χ0n) is 19.9. The first-order chi connectivity index (χ1) is 16.3. The molecule has 0 radical (unpaired) electrons. The van der Waals surface area contributed by atoms with Crippen molar-refractivity contribution in [2.24, 2.45) is 0 Å². The number of nitrogens with zero attached hydrogens (tertiary/aromatic N) is 3. The van der Waals surface area contributed by atoms with Crippen molar-refractivity contribution in [2.75, 3.05) is 41.4 Å². The highest BCUT2D eigenvalue weighted by Crippen LogP contribution is 2.41. The smallest absolute Gasteiger partial charge is 0.295 e. The number of likely N-dealkylation sites (N-methyl/N-ethyl adjacent to an activating group) is 1. The van der Waals surface area contributed by atoms with Gasteiger partial charge in [0.1, 0.15) is 5.65 Å². The van der Waals surface area contributed by atoms with Crippen molar-refractivity contribution in [1.82, 2.24) is 14.3 Å². The number of ether oxygens (including phenoxy) is 2. The van der Waals surface area contributed by atoms with Gasteiger partial charge < -0.3 is 28.8 Å². The largest absolute Gasteiger partial charge is 0.871 e. The fraction of sp³-hybridized carbons (Fsp3) is 0.320. The van der Waals surface area contributed by atoms with E-state index in [0.29, 0.717) is 41.5 Å². The van der Waals surface area contributed by atoms with Crippen LogP contribution in [-0.4, -0.2) is 67.4 Å². The summed E-state index contributed by atoms with van der Waals surface area (Å²) in [5.41, 5.74) is 1.88. The SMILES string of the molecule is COc1ccc(C2C(=C([O-])c3c(C)nc4ccccn34)C(=O)C(=O)N2CC[NH+](C)C)cc1OC. The molecule has 0 saturated carbocycles. The number of ketones is 1. The van der Waals surface area contributed by atoms with Crippen LogP contribution in [-0.2, 0) is 9.59 Å². The highest BCUT2D eigenvalue weighted by atomic mass is 16.5. The molecule has 0 spiro atoms. The van der Waals surface area contributed by atoms with Crippen LogP contribution in [0, 0.1) is 6.92 Å². The first-order valence-electron chi connectivity index (χ1n) is 11.0. The second kappa shape index (κ2) is 9.18. The Kier molecular flexibility index (Phi) is 6.30. The number of carbonyl (C=O) groups excluding carboxylic acids is 2. The predicted molar refractivity (Wildman–Crippen MR) is 124 cm³/mol. The van der Waals surface area contributed by atoms with Crippen LogP contribution in [0.25, 0.3) is 11.4 Å². The van der Waals surface area contributed by atoms with Gasteiger partial charge in [-0.3, -0.25) is 9.59 Å². The second-order valence-electron chi connectivity index (χ2n) is 8.52. The number of hydrogen-bond acceptors (Lipinski definition) is 6. The Labute approximate surface area is 197 Å². The number of methoxy groups -OCH3 is 2. The predicted octanol–water partition coefficient (Wildman–Crippen LogP) is 0.0284. The van der Waals surface area contributed by atoms with Crippen molar-refractivity contribution in [2.45, 2.75) is 13.0 Å². The summed E-state index contributed by atoms with van der Waals surface area (Å²) in [5, 5.41) is 13.9. The molecule has 9 nitrogen and oxygen atoms in total. The van der Waals surface area contributed by atoms with Crippen LogP contribution < -0.4 is 19.5 Å². The molecule has 34 heavy (non-hydrogen) atoms. The van der Waals surface area contributed by atoms with E-state index in [0.717, 1.165) is 4.90 Å². The van der Waals surface area contributed by atoms with Gasteiger partial charge in [0, 0.05) is 11.8 Å². The first kappa shape index (κ1) is 23.3. The van der Waals surface area contributed by atoms with Gasteiger partial charge >= 0.3 is 0 Å². The van der Waals surface area contributed by atoms with Gasteiger partial charge in [-0.25, -0.2) is 4.98 Å². The highest BCUT2D eigenvalue weighted by Gasteiger charge is 2.45. The lowest BCUT2D eigenvalue weighted by Gasteiger charge is -2.28. The zero-order chi connectivity index (χ0) is 24.6. The summed E-state index contributed by atoms with van der Waals surface area (Å²) in [6, 6.07) is 9.72. The molecule has 1 atom stereocenters. The Morgan fingerprint density at radius 1 is 1.12 bits per heavy atom. The van der Waals surface area contributed by atoms with E-state index in [2.05, 4.69) is 4.98 Å². The van der Waals surface area contributed by atoms with Crippen LogP contribution in [0.1, 0.15) is 23.0 Å². The molecule has 1 fully saturated rings. The van der Waals surface area contributed by atoms with E-state index >= 15 is 0 Å². The average Bonchev–Trinajstić information content (AvgIpc) is 3.29. The van der Waals surface area contributed by atoms with Gasteiger partial charge in [0.05, 0.1) is 58.8 Å². The van der Waals surface area contributed by atoms with Gasteiger partial charge in [0.15, 0.2) is 11.5 Å². The molecular weight excluding hydrogens is 436 g/mol. The minimum atomic E-state index is -0.847. The molecule has 3 aromatic rings. The summed E-state index contributed by atoms with van der Waals surface area (Å²) in [6.07, 6.45) is 1.73. The van der Waals surface area contributed by atoms with E-state index in [1.54, 1.807) is 47.9 Å². The van der Waals surface area contributed by atoms with Crippen molar-refractivity contribution in [3.8, 4) is 11.5 Å². The molecular formula is C25H28N4O5. The van der Waals surface area contributed by atoms with Crippen LogP contribution in [0.2, 0.25) is 0 Å². The molecule has 9 heteroatoms. The third-order valence-corrected chi connectivity index (χ3v) is 6.02. The molecule has 0 bridgehead atoms. The lowest BCUT2D eigenvalue weighted by Crippen LogP contribution is -3.06. The van der Waals surface area contributed by atoms with Crippen LogP contribution in [0.15, 0.2) is 48.2 Å². The molecule has 1 aliphatic rings. The third kappa shape index (κ3) is 3.88. The quantitative estimate of drug-likeness (QED) is 0.301. The Balaban J connectivity index is 1.94. The Morgan fingerprint density at radius 3 is 2.53 bits per heavy atom. The molecule has 2 aromatic heterocycles. The summed E-state index contributed by atoms with van der Waals surface area (Å²) in [7, 11) is 6.97. The van der Waals surface area contributed by atoms with Crippen molar-refractivity contribution in [3.05, 3.63) is 65.1 Å². The van der Waals surface area contributed by atoms with Gasteiger partial charge in [-0.2, -0.15) is 0 Å². The van der Waals surface area contributed by atoms with Crippen molar-refractivity contribution >= 4 is 23.1 Å². The number of imidazole rings is 1. The standard InChI is InChI=1S/C25H28N4O5/c1-15-21(28-11-7-6-8-19(28)26-15)23(30)20-22(16-9-10-17(33-4)18(14-16)34-5)29(13-12-27(2)3)25(32)24(20)31/h6-11,14,22,30H,12-13H2,1-5H3. The number of rotatable bonds is 7. The number of hydrogen-bond donors (Lipinski definition) is 1. The van der Waals surface area contributed by atoms with Crippen molar-refractivity contribution in [3.63, 3.8) is 0 Å². The maximum atomic E-state index is 13.9. The van der Waals surface area contributed by atoms with E-state index in [-0.39, 0.29) is 11.3 Å². The second-order valence-corrected chi connectivity index (χ2v) is 8.52. The topological polar surface area (TPSA) is 101 Å². The normalized spacial score (nSPS) is 17.7. The number of benzene rings is 1. The highest BCUT2D eigenvalue weighted by molar-refractivity contribution is 6.46. The number of fused-ring (bicyclic) bond motifs is 1. The summed E-state index contributed by atoms with van der Waals surface area (Å²) < 4.78 is 12.4. The van der Waals surface area contributed by atoms with E-state index in [4.69, 9.17) is 9.47 Å². The maximum Gasteiger partial charge on any atom is 0.295 e. The molecule has 4 rings (SSSR count). The van der Waals surface area contributed by atoms with E-state index in [1.165, 1.54) is 19.1 Å². The number of pyridine rings is 1. The Hall–Kier alpha value is -3.85. The number of nitrogens with one attached hydrogen (secondary N) is 1. The fourth-order valence-electron chi connectivity index (χ4n) is 4.33. The van der Waals surface area contributed by atoms with Gasteiger partial charge in [0.25, 0.3) is 5.91 Å². The molecule has 1 unspecified atom stereocenters. The van der Waals surface area contributed by atoms with E-state index in [1.807, 2.05) is 20.2 Å². The van der Waals surface area contributed by atoms with Crippen molar-refractivity contribution in [1.29, 1.82) is 0 Å². The van der Waals surface area contributed by atoms with Crippen LogP contribution in [0.4, 0.5) is 0 Å². The van der Waals surface area contributed by atoms with E-state index < -0.39 is 23.5 Å². The molecule has 1 aliphatic heterocycles. The van der Waals surface area contributed by atoms with Crippen LogP contribution >= 0.6 is 0 Å². The number of aryl methyl sites for hydroxylation is 1. The molecule has 0 aliphatic carbocycles. The van der Waals surface area contributed by atoms with Gasteiger partial charge in [-0.15, -0.1) is 0 Å². The number of carbonyl (C=O) groups is 2. The Bertz CT molecular complexity index is 1290. The third-order valence-electron chi connectivity index (χ3n) is 6.02. The summed E-state index contributed by atoms with van der Waals surface area (Å²) >= 11 is 0. The number of likely N-dealkylation sites (tertiary alicyclic amines) is 1. The van der Waals surface area contributed by atoms with Gasteiger partial charge in [-0.05, 0) is 36.8 Å². The molecule has 1 saturated heterocycles. The molecule has 178 valence electrons. The zero-order valence-corrected chi connectivity index (χ0v) is 19.9. The lowest BCUT2D eigenvalue weighted by molar-refractivity contribution is -0.857. The monoisotopic (exact) mass is 464 g/mol. The van der Waals surface area contributed by atoms with E-state index in [9.17, 15) is 14.7 Å². The average molecular weight is 465 g/mol. The number of Topliss-reactive ketones (excluding diaryl/α,β-unsaturated/α-hetero) is 1. The summed E-state index contributed by atoms with van der Waals surface area (Å²) in [6.45, 7) is 2.65. The van der Waals surface area contributed by atoms with Crippen LogP contribution in [0.3, 0.4) is 0 Å². The van der Waals surface area contributed by atoms with Gasteiger partial charge in [-0.1, -0.05) is 17.9 Å². The number of quaternary nitrogens is 1. The lowest BCUT2D eigenvalue weighted by atomic mass is 9.96. The summed E-state index contributed by atoms with van der Waals surface area (Å²) in [4.78, 5) is 33.4. The maximum absolute atomic E-state index is 13.9.